The molecular weight excluding hydrogens is 468 g/mol. The Balaban J connectivity index is 1.20. The van der Waals surface area contributed by atoms with Crippen LogP contribution in [0, 0.1) is 0 Å². The highest BCUT2D eigenvalue weighted by Gasteiger charge is 2.35. The van der Waals surface area contributed by atoms with Gasteiger partial charge in [-0.3, -0.25) is 19.3 Å². The fraction of sp³-hybridized carbons (Fsp3) is 0.333. The summed E-state index contributed by atoms with van der Waals surface area (Å²) in [5, 5.41) is 2.82. The molecule has 1 fully saturated rings. The predicted octanol–water partition coefficient (Wildman–Crippen LogP) is 2.20. The van der Waals surface area contributed by atoms with Crippen LogP contribution in [0.25, 0.3) is 0 Å². The van der Waals surface area contributed by atoms with Crippen molar-refractivity contribution in [2.45, 2.75) is 6.42 Å². The second-order valence-corrected chi connectivity index (χ2v) is 8.21. The van der Waals surface area contributed by atoms with Crippen molar-refractivity contribution >= 4 is 39.7 Å². The molecule has 2 aliphatic heterocycles. The van der Waals surface area contributed by atoms with Gasteiger partial charge >= 0.3 is 6.03 Å². The summed E-state index contributed by atoms with van der Waals surface area (Å²) >= 11 is 3.31. The smallest absolute Gasteiger partial charge is 0.317 e. The number of furan rings is 1. The van der Waals surface area contributed by atoms with E-state index in [1.54, 1.807) is 40.1 Å². The van der Waals surface area contributed by atoms with Crippen molar-refractivity contribution in [2.75, 3.05) is 39.3 Å². The number of hydrogen-bond donors (Lipinski definition) is 1. The number of amides is 5. The zero-order chi connectivity index (χ0) is 22.0. The van der Waals surface area contributed by atoms with Crippen LogP contribution < -0.4 is 5.32 Å². The Morgan fingerprint density at radius 1 is 1.00 bits per heavy atom. The minimum absolute atomic E-state index is 0.182. The maximum atomic E-state index is 12.5. The van der Waals surface area contributed by atoms with Crippen molar-refractivity contribution in [3.63, 3.8) is 0 Å². The van der Waals surface area contributed by atoms with Crippen molar-refractivity contribution in [3.05, 3.63) is 58.0 Å². The lowest BCUT2D eigenvalue weighted by atomic mass is 10.1. The third-order valence-corrected chi connectivity index (χ3v) is 5.85. The third-order valence-electron chi connectivity index (χ3n) is 5.35. The van der Waals surface area contributed by atoms with Gasteiger partial charge < -0.3 is 19.5 Å². The fourth-order valence-electron chi connectivity index (χ4n) is 3.68. The number of halogens is 1. The number of piperazine rings is 1. The first kappa shape index (κ1) is 21.1. The molecule has 9 nitrogen and oxygen atoms in total. The third kappa shape index (κ3) is 4.34. The van der Waals surface area contributed by atoms with Gasteiger partial charge in [-0.1, -0.05) is 15.9 Å². The van der Waals surface area contributed by atoms with Gasteiger partial charge in [-0.2, -0.15) is 0 Å². The Bertz CT molecular complexity index is 1010. The van der Waals surface area contributed by atoms with Crippen LogP contribution >= 0.6 is 15.9 Å². The molecule has 0 spiro atoms. The molecule has 5 amide bonds. The summed E-state index contributed by atoms with van der Waals surface area (Å²) in [5.74, 6) is -0.516. The maximum absolute atomic E-state index is 12.5. The first-order chi connectivity index (χ1) is 15.0. The van der Waals surface area contributed by atoms with Crippen molar-refractivity contribution in [1.82, 2.24) is 20.0 Å². The molecule has 0 bridgehead atoms. The van der Waals surface area contributed by atoms with Crippen LogP contribution in [0.15, 0.2) is 45.5 Å². The van der Waals surface area contributed by atoms with Crippen LogP contribution in [0.5, 0.6) is 0 Å². The van der Waals surface area contributed by atoms with Crippen LogP contribution in [-0.4, -0.2) is 77.7 Å². The predicted molar refractivity (Wildman–Crippen MR) is 114 cm³/mol. The first-order valence-electron chi connectivity index (χ1n) is 9.97. The molecule has 1 aromatic heterocycles. The second-order valence-electron chi connectivity index (χ2n) is 7.29. The molecule has 0 unspecified atom stereocenters. The number of imide groups is 1. The van der Waals surface area contributed by atoms with Crippen LogP contribution in [0.4, 0.5) is 4.79 Å². The zero-order valence-electron chi connectivity index (χ0n) is 16.7. The van der Waals surface area contributed by atoms with Crippen molar-refractivity contribution < 1.29 is 23.6 Å². The molecule has 2 aromatic rings. The fourth-order valence-corrected chi connectivity index (χ4v) is 4.04. The Kier molecular flexibility index (Phi) is 6.08. The highest BCUT2D eigenvalue weighted by Crippen LogP contribution is 2.26. The maximum Gasteiger partial charge on any atom is 0.317 e. The van der Waals surface area contributed by atoms with E-state index in [-0.39, 0.29) is 30.3 Å². The molecule has 0 saturated carbocycles. The van der Waals surface area contributed by atoms with Crippen molar-refractivity contribution in [1.29, 1.82) is 0 Å². The highest BCUT2D eigenvalue weighted by molar-refractivity contribution is 9.10. The van der Waals surface area contributed by atoms with Crippen LogP contribution in [0.1, 0.15) is 37.7 Å². The molecule has 4 rings (SSSR count). The molecule has 0 aliphatic carbocycles. The van der Waals surface area contributed by atoms with Crippen LogP contribution in [0.3, 0.4) is 0 Å². The largest absolute Gasteiger partial charge is 0.459 e. The van der Waals surface area contributed by atoms with Gasteiger partial charge in [0.25, 0.3) is 17.7 Å². The van der Waals surface area contributed by atoms with E-state index in [1.165, 1.54) is 11.2 Å². The lowest BCUT2D eigenvalue weighted by Crippen LogP contribution is -2.53. The number of hydrogen-bond acceptors (Lipinski definition) is 5. The number of rotatable bonds is 5. The van der Waals surface area contributed by atoms with Crippen LogP contribution in [-0.2, 0) is 0 Å². The van der Waals surface area contributed by atoms with Crippen molar-refractivity contribution in [3.8, 4) is 0 Å². The summed E-state index contributed by atoms with van der Waals surface area (Å²) in [6, 6.07) is 8.07. The first-order valence-corrected chi connectivity index (χ1v) is 10.8. The van der Waals surface area contributed by atoms with Gasteiger partial charge in [0.2, 0.25) is 0 Å². The summed E-state index contributed by atoms with van der Waals surface area (Å²) in [7, 11) is 0. The quantitative estimate of drug-likeness (QED) is 0.513. The number of carbonyl (C=O) groups excluding carboxylic acids is 4. The summed E-state index contributed by atoms with van der Waals surface area (Å²) in [6.07, 6.45) is 1.91. The Hall–Kier alpha value is -3.14. The van der Waals surface area contributed by atoms with E-state index in [2.05, 4.69) is 21.2 Å². The molecule has 31 heavy (non-hydrogen) atoms. The van der Waals surface area contributed by atoms with Gasteiger partial charge in [0.05, 0.1) is 17.4 Å². The van der Waals surface area contributed by atoms with Gasteiger partial charge in [0.1, 0.15) is 0 Å². The van der Waals surface area contributed by atoms with E-state index in [4.69, 9.17) is 4.42 Å². The number of nitrogens with zero attached hydrogens (tertiary/aromatic N) is 3. The second kappa shape index (κ2) is 8.93. The molecule has 10 heteroatoms. The molecule has 2 aliphatic rings. The van der Waals surface area contributed by atoms with Gasteiger partial charge in [0, 0.05) is 43.7 Å². The number of fused-ring (bicyclic) bond motifs is 1. The molecule has 3 heterocycles. The minimum Gasteiger partial charge on any atom is -0.459 e. The molecule has 1 saturated heterocycles. The molecular formula is C21H21BrN4O5. The Morgan fingerprint density at radius 3 is 2.42 bits per heavy atom. The van der Waals surface area contributed by atoms with E-state index >= 15 is 0 Å². The monoisotopic (exact) mass is 488 g/mol. The average molecular weight is 489 g/mol. The topological polar surface area (TPSA) is 103 Å². The number of urea groups is 1. The zero-order valence-corrected chi connectivity index (χ0v) is 18.3. The van der Waals surface area contributed by atoms with E-state index < -0.39 is 0 Å². The SMILES string of the molecule is O=C(NCCCN1C(=O)c2ccc(Br)cc2C1=O)N1CCN(C(=O)c2ccco2)CC1. The van der Waals surface area contributed by atoms with E-state index in [0.29, 0.717) is 56.0 Å². The van der Waals surface area contributed by atoms with E-state index in [9.17, 15) is 19.2 Å². The molecule has 0 radical (unpaired) electrons. The number of nitrogens with one attached hydrogen (secondary N) is 1. The number of benzene rings is 1. The lowest BCUT2D eigenvalue weighted by Gasteiger charge is -2.34. The normalized spacial score (nSPS) is 16.0. The van der Waals surface area contributed by atoms with E-state index in [1.807, 2.05) is 0 Å². The van der Waals surface area contributed by atoms with Gasteiger partial charge in [-0.05, 0) is 36.8 Å². The molecule has 0 atom stereocenters. The lowest BCUT2D eigenvalue weighted by molar-refractivity contribution is 0.0626. The minimum atomic E-state index is -0.315. The summed E-state index contributed by atoms with van der Waals surface area (Å²) < 4.78 is 5.88. The molecule has 162 valence electrons. The Morgan fingerprint density at radius 2 is 1.71 bits per heavy atom. The van der Waals surface area contributed by atoms with Gasteiger partial charge in [-0.15, -0.1) is 0 Å². The highest BCUT2D eigenvalue weighted by atomic mass is 79.9. The standard InChI is InChI=1S/C21H21BrN4O5/c22-14-4-5-15-16(13-14)19(28)26(18(15)27)7-2-6-23-21(30)25-10-8-24(9-11-25)20(29)17-3-1-12-31-17/h1,3-5,12-13H,2,6-11H2,(H,23,30). The van der Waals surface area contributed by atoms with Gasteiger partial charge in [-0.25, -0.2) is 4.79 Å². The van der Waals surface area contributed by atoms with Gasteiger partial charge in [0.15, 0.2) is 5.76 Å². The van der Waals surface area contributed by atoms with Crippen LogP contribution in [0.2, 0.25) is 0 Å². The molecule has 1 aromatic carbocycles. The summed E-state index contributed by atoms with van der Waals surface area (Å²) in [5.41, 5.74) is 0.796. The number of carbonyl (C=O) groups is 4. The summed E-state index contributed by atoms with van der Waals surface area (Å²) in [6.45, 7) is 2.27. The van der Waals surface area contributed by atoms with Crippen molar-refractivity contribution in [2.24, 2.45) is 0 Å². The van der Waals surface area contributed by atoms with E-state index in [0.717, 1.165) is 4.47 Å². The average Bonchev–Trinajstić information content (AvgIpc) is 3.39. The molecule has 1 N–H and O–H groups in total. The summed E-state index contributed by atoms with van der Waals surface area (Å²) in [4.78, 5) is 54.0. The Labute approximate surface area is 187 Å².